The van der Waals surface area contributed by atoms with Gasteiger partial charge >= 0.3 is 0 Å². The van der Waals surface area contributed by atoms with Crippen LogP contribution in [0.4, 0.5) is 5.95 Å². The van der Waals surface area contributed by atoms with Gasteiger partial charge in [0.15, 0.2) is 17.3 Å². The summed E-state index contributed by atoms with van der Waals surface area (Å²) in [6.07, 6.45) is 0. The minimum atomic E-state index is 0.104. The van der Waals surface area contributed by atoms with E-state index in [1.54, 1.807) is 19.2 Å². The zero-order valence-electron chi connectivity index (χ0n) is 10.9. The minimum absolute atomic E-state index is 0.104. The van der Waals surface area contributed by atoms with E-state index in [0.717, 1.165) is 0 Å². The second-order valence-electron chi connectivity index (χ2n) is 3.63. The van der Waals surface area contributed by atoms with E-state index in [-0.39, 0.29) is 5.95 Å². The molecule has 1 heterocycles. The number of nitrogen functional groups attached to an aromatic ring is 2. The Kier molecular flexibility index (Phi) is 3.32. The molecule has 2 rings (SSSR count). The Hall–Kier alpha value is -2.64. The average molecular weight is 265 g/mol. The first-order valence-corrected chi connectivity index (χ1v) is 5.39. The van der Waals surface area contributed by atoms with Gasteiger partial charge in [0.2, 0.25) is 11.7 Å². The summed E-state index contributed by atoms with van der Waals surface area (Å²) in [4.78, 5) is 0. The van der Waals surface area contributed by atoms with E-state index >= 15 is 0 Å². The minimum Gasteiger partial charge on any atom is -0.493 e. The van der Waals surface area contributed by atoms with Crippen LogP contribution in [-0.2, 0) is 0 Å². The predicted molar refractivity (Wildman–Crippen MR) is 69.7 cm³/mol. The SMILES string of the molecule is COc1ccc(-c2nnc(N)n2N)c(OC)c1OC. The Balaban J connectivity index is 2.67. The van der Waals surface area contributed by atoms with Gasteiger partial charge in [-0.25, -0.2) is 4.68 Å². The molecule has 0 saturated heterocycles. The summed E-state index contributed by atoms with van der Waals surface area (Å²) in [5, 5.41) is 7.62. The summed E-state index contributed by atoms with van der Waals surface area (Å²) in [5.74, 6) is 7.67. The Bertz CT molecular complexity index is 596. The molecule has 0 atom stereocenters. The van der Waals surface area contributed by atoms with Gasteiger partial charge in [-0.1, -0.05) is 0 Å². The average Bonchev–Trinajstić information content (AvgIpc) is 2.77. The van der Waals surface area contributed by atoms with Crippen LogP contribution in [0.2, 0.25) is 0 Å². The number of hydrogen-bond acceptors (Lipinski definition) is 7. The molecule has 0 aliphatic heterocycles. The first-order chi connectivity index (χ1) is 9.13. The van der Waals surface area contributed by atoms with Crippen LogP contribution in [0.25, 0.3) is 11.4 Å². The first-order valence-electron chi connectivity index (χ1n) is 5.39. The lowest BCUT2D eigenvalue weighted by Crippen LogP contribution is -2.13. The maximum Gasteiger partial charge on any atom is 0.241 e. The molecule has 1 aromatic heterocycles. The molecule has 8 heteroatoms. The fourth-order valence-electron chi connectivity index (χ4n) is 1.76. The van der Waals surface area contributed by atoms with Gasteiger partial charge in [-0.15, -0.1) is 10.2 Å². The molecule has 1 aromatic carbocycles. The molecule has 19 heavy (non-hydrogen) atoms. The number of nitrogens with zero attached hydrogens (tertiary/aromatic N) is 3. The van der Waals surface area contributed by atoms with Crippen molar-refractivity contribution in [1.29, 1.82) is 0 Å². The third-order valence-electron chi connectivity index (χ3n) is 2.67. The molecule has 0 aliphatic rings. The Morgan fingerprint density at radius 2 is 1.68 bits per heavy atom. The van der Waals surface area contributed by atoms with Crippen molar-refractivity contribution in [2.75, 3.05) is 32.9 Å². The number of ether oxygens (including phenoxy) is 3. The largest absolute Gasteiger partial charge is 0.493 e. The molecule has 2 aromatic rings. The van der Waals surface area contributed by atoms with Gasteiger partial charge in [0.25, 0.3) is 0 Å². The molecule has 0 radical (unpaired) electrons. The summed E-state index contributed by atoms with van der Waals surface area (Å²) in [6.45, 7) is 0. The van der Waals surface area contributed by atoms with Gasteiger partial charge in [-0.2, -0.15) is 0 Å². The van der Waals surface area contributed by atoms with Crippen LogP contribution in [0, 0.1) is 0 Å². The lowest BCUT2D eigenvalue weighted by Gasteiger charge is -2.15. The fraction of sp³-hybridized carbons (Fsp3) is 0.273. The van der Waals surface area contributed by atoms with Crippen LogP contribution in [0.15, 0.2) is 12.1 Å². The second kappa shape index (κ2) is 4.92. The van der Waals surface area contributed by atoms with E-state index in [4.69, 9.17) is 25.8 Å². The van der Waals surface area contributed by atoms with Crippen LogP contribution in [-0.4, -0.2) is 36.2 Å². The maximum absolute atomic E-state index is 5.76. The van der Waals surface area contributed by atoms with E-state index in [9.17, 15) is 0 Å². The Morgan fingerprint density at radius 1 is 1.00 bits per heavy atom. The van der Waals surface area contributed by atoms with Crippen molar-refractivity contribution in [2.45, 2.75) is 0 Å². The summed E-state index contributed by atoms with van der Waals surface area (Å²) < 4.78 is 17.0. The third kappa shape index (κ3) is 1.96. The quantitative estimate of drug-likeness (QED) is 0.763. The molecule has 0 unspecified atom stereocenters. The maximum atomic E-state index is 5.76. The third-order valence-corrected chi connectivity index (χ3v) is 2.67. The van der Waals surface area contributed by atoms with Gasteiger partial charge in [-0.05, 0) is 12.1 Å². The molecule has 0 spiro atoms. The van der Waals surface area contributed by atoms with E-state index in [2.05, 4.69) is 10.2 Å². The van der Waals surface area contributed by atoms with Crippen molar-refractivity contribution in [3.05, 3.63) is 12.1 Å². The van der Waals surface area contributed by atoms with E-state index in [0.29, 0.717) is 28.6 Å². The second-order valence-corrected chi connectivity index (χ2v) is 3.63. The zero-order valence-corrected chi connectivity index (χ0v) is 10.9. The molecule has 102 valence electrons. The molecule has 0 bridgehead atoms. The molecule has 4 N–H and O–H groups in total. The smallest absolute Gasteiger partial charge is 0.241 e. The number of aromatic nitrogens is 3. The van der Waals surface area contributed by atoms with Gasteiger partial charge in [0.05, 0.1) is 26.9 Å². The molecule has 0 aliphatic carbocycles. The first kappa shape index (κ1) is 12.8. The van der Waals surface area contributed by atoms with Crippen LogP contribution < -0.4 is 25.8 Å². The van der Waals surface area contributed by atoms with E-state index < -0.39 is 0 Å². The molecular weight excluding hydrogens is 250 g/mol. The van der Waals surface area contributed by atoms with Gasteiger partial charge in [0, 0.05) is 0 Å². The topological polar surface area (TPSA) is 110 Å². The highest BCUT2D eigenvalue weighted by Gasteiger charge is 2.21. The number of anilines is 1. The molecule has 0 amide bonds. The summed E-state index contributed by atoms with van der Waals surface area (Å²) >= 11 is 0. The molecule has 8 nitrogen and oxygen atoms in total. The summed E-state index contributed by atoms with van der Waals surface area (Å²) in [7, 11) is 4.58. The number of nitrogens with two attached hydrogens (primary N) is 2. The van der Waals surface area contributed by atoms with Crippen molar-refractivity contribution < 1.29 is 14.2 Å². The van der Waals surface area contributed by atoms with Crippen molar-refractivity contribution in [3.63, 3.8) is 0 Å². The highest BCUT2D eigenvalue weighted by atomic mass is 16.5. The van der Waals surface area contributed by atoms with E-state index in [1.165, 1.54) is 18.9 Å². The summed E-state index contributed by atoms with van der Waals surface area (Å²) in [6, 6.07) is 3.47. The predicted octanol–water partition coefficient (Wildman–Crippen LogP) is 0.267. The fourth-order valence-corrected chi connectivity index (χ4v) is 1.76. The van der Waals surface area contributed by atoms with E-state index in [1.807, 2.05) is 0 Å². The van der Waals surface area contributed by atoms with Gasteiger partial charge in [0.1, 0.15) is 0 Å². The monoisotopic (exact) mass is 265 g/mol. The van der Waals surface area contributed by atoms with Gasteiger partial charge < -0.3 is 25.8 Å². The van der Waals surface area contributed by atoms with Gasteiger partial charge in [-0.3, -0.25) is 0 Å². The lowest BCUT2D eigenvalue weighted by atomic mass is 10.1. The Morgan fingerprint density at radius 3 is 2.16 bits per heavy atom. The van der Waals surface area contributed by atoms with Crippen molar-refractivity contribution in [1.82, 2.24) is 14.9 Å². The van der Waals surface area contributed by atoms with Crippen molar-refractivity contribution in [3.8, 4) is 28.6 Å². The molecule has 0 fully saturated rings. The standard InChI is InChI=1S/C11H15N5O3/c1-17-7-5-4-6(8(18-2)9(7)19-3)10-14-15-11(12)16(10)13/h4-5H,13H2,1-3H3,(H2,12,15). The highest BCUT2D eigenvalue weighted by molar-refractivity contribution is 5.73. The molecular formula is C11H15N5O3. The van der Waals surface area contributed by atoms with Crippen LogP contribution in [0.1, 0.15) is 0 Å². The number of rotatable bonds is 4. The highest BCUT2D eigenvalue weighted by Crippen LogP contribution is 2.43. The zero-order chi connectivity index (χ0) is 14.0. The van der Waals surface area contributed by atoms with Crippen LogP contribution in [0.5, 0.6) is 17.2 Å². The van der Waals surface area contributed by atoms with Crippen molar-refractivity contribution >= 4 is 5.95 Å². The number of methoxy groups -OCH3 is 3. The molecule has 0 saturated carbocycles. The number of benzene rings is 1. The lowest BCUT2D eigenvalue weighted by molar-refractivity contribution is 0.325. The van der Waals surface area contributed by atoms with Crippen molar-refractivity contribution in [2.24, 2.45) is 0 Å². The van der Waals surface area contributed by atoms with Crippen LogP contribution in [0.3, 0.4) is 0 Å². The number of hydrogen-bond donors (Lipinski definition) is 2. The normalized spacial score (nSPS) is 10.3. The van der Waals surface area contributed by atoms with Crippen LogP contribution >= 0.6 is 0 Å². The summed E-state index contributed by atoms with van der Waals surface area (Å²) in [5.41, 5.74) is 6.17. The Labute approximate surface area is 109 Å².